The summed E-state index contributed by atoms with van der Waals surface area (Å²) >= 11 is 0. The number of carbonyl (C=O) groups is 2. The van der Waals surface area contributed by atoms with Crippen molar-refractivity contribution >= 4 is 12.1 Å². The molecule has 1 N–H and O–H groups in total. The van der Waals surface area contributed by atoms with Crippen molar-refractivity contribution in [1.29, 1.82) is 0 Å². The summed E-state index contributed by atoms with van der Waals surface area (Å²) in [5.74, 6) is 0. The van der Waals surface area contributed by atoms with Gasteiger partial charge in [-0.2, -0.15) is 4.39 Å². The first kappa shape index (κ1) is 17.8. The third-order valence-electron chi connectivity index (χ3n) is 1.93. The van der Waals surface area contributed by atoms with Crippen LogP contribution in [0.15, 0.2) is 0 Å². The van der Waals surface area contributed by atoms with Gasteiger partial charge in [-0.15, -0.1) is 0 Å². The summed E-state index contributed by atoms with van der Waals surface area (Å²) < 4.78 is 23.4. The Morgan fingerprint density at radius 3 is 1.84 bits per heavy atom. The lowest BCUT2D eigenvalue weighted by atomic mass is 10.1. The predicted octanol–water partition coefficient (Wildman–Crippen LogP) is 2.58. The number of carbonyl (C=O) groups excluding carboxylic acids is 2. The van der Waals surface area contributed by atoms with Crippen LogP contribution in [-0.2, 0) is 14.3 Å². The van der Waals surface area contributed by atoms with Gasteiger partial charge in [-0.25, -0.2) is 4.79 Å². The van der Waals surface area contributed by atoms with E-state index in [4.69, 9.17) is 9.47 Å². The van der Waals surface area contributed by atoms with Gasteiger partial charge in [-0.05, 0) is 48.5 Å². The van der Waals surface area contributed by atoms with Crippen molar-refractivity contribution in [1.82, 2.24) is 5.32 Å². The van der Waals surface area contributed by atoms with Gasteiger partial charge in [0.1, 0.15) is 11.6 Å². The molecule has 2 atom stereocenters. The van der Waals surface area contributed by atoms with Crippen LogP contribution in [0.2, 0.25) is 0 Å². The molecular weight excluding hydrogens is 253 g/mol. The van der Waals surface area contributed by atoms with Crippen LogP contribution in [0.25, 0.3) is 0 Å². The van der Waals surface area contributed by atoms with Gasteiger partial charge in [0.2, 0.25) is 0 Å². The van der Waals surface area contributed by atoms with Crippen molar-refractivity contribution in [3.8, 4) is 0 Å². The molecule has 112 valence electrons. The Morgan fingerprint density at radius 1 is 1.05 bits per heavy atom. The largest absolute Gasteiger partial charge is 0.444 e. The van der Waals surface area contributed by atoms with Crippen LogP contribution < -0.4 is 5.32 Å². The summed E-state index contributed by atoms with van der Waals surface area (Å²) in [5.41, 5.74) is -1.27. The zero-order valence-corrected chi connectivity index (χ0v) is 12.7. The summed E-state index contributed by atoms with van der Waals surface area (Å²) in [6.07, 6.45) is -1.65. The second kappa shape index (κ2) is 6.32. The van der Waals surface area contributed by atoms with E-state index in [1.807, 2.05) is 0 Å². The molecule has 0 saturated heterocycles. The van der Waals surface area contributed by atoms with Crippen LogP contribution in [0.1, 0.15) is 48.5 Å². The van der Waals surface area contributed by atoms with Crippen LogP contribution in [-0.4, -0.2) is 35.5 Å². The first-order valence-electron chi connectivity index (χ1n) is 6.18. The van der Waals surface area contributed by atoms with Crippen LogP contribution in [0.4, 0.5) is 9.18 Å². The number of hydrogen-bond donors (Lipinski definition) is 1. The molecule has 0 aromatic rings. The minimum atomic E-state index is -1.66. The summed E-state index contributed by atoms with van der Waals surface area (Å²) in [4.78, 5) is 22.5. The second-order valence-corrected chi connectivity index (χ2v) is 6.36. The molecule has 0 rings (SSSR count). The summed E-state index contributed by atoms with van der Waals surface area (Å²) in [6.45, 7) is 11.9. The Hall–Kier alpha value is -1.17. The van der Waals surface area contributed by atoms with E-state index in [-0.39, 0.29) is 0 Å². The molecule has 0 unspecified atom stereocenters. The first-order valence-corrected chi connectivity index (χ1v) is 6.18. The molecule has 0 aromatic heterocycles. The first-order chi connectivity index (χ1) is 8.32. The number of amides is 1. The van der Waals surface area contributed by atoms with Gasteiger partial charge in [-0.3, -0.25) is 4.79 Å². The Balaban J connectivity index is 4.67. The second-order valence-electron chi connectivity index (χ2n) is 6.36. The molecule has 0 radical (unpaired) electrons. The highest BCUT2D eigenvalue weighted by molar-refractivity contribution is 5.81. The van der Waals surface area contributed by atoms with E-state index in [0.29, 0.717) is 0 Å². The number of ether oxygens (including phenoxy) is 2. The molecular formula is C13H24FNO4. The highest BCUT2D eigenvalue weighted by atomic mass is 19.1. The minimum Gasteiger partial charge on any atom is -0.444 e. The molecule has 1 amide bonds. The van der Waals surface area contributed by atoms with Gasteiger partial charge < -0.3 is 14.8 Å². The summed E-state index contributed by atoms with van der Waals surface area (Å²) in [6, 6.07) is -3.04. The normalized spacial score (nSPS) is 15.6. The Bertz CT molecular complexity index is 331. The highest BCUT2D eigenvalue weighted by Gasteiger charge is 2.32. The van der Waals surface area contributed by atoms with Gasteiger partial charge in [0.25, 0.3) is 0 Å². The maximum Gasteiger partial charge on any atom is 0.408 e. The molecule has 19 heavy (non-hydrogen) atoms. The van der Waals surface area contributed by atoms with Crippen LogP contribution in [0.3, 0.4) is 0 Å². The van der Waals surface area contributed by atoms with Crippen molar-refractivity contribution in [2.45, 2.75) is 71.8 Å². The van der Waals surface area contributed by atoms with Gasteiger partial charge in [0, 0.05) is 0 Å². The average Bonchev–Trinajstić information content (AvgIpc) is 2.07. The predicted molar refractivity (Wildman–Crippen MR) is 69.6 cm³/mol. The van der Waals surface area contributed by atoms with Crippen molar-refractivity contribution < 1.29 is 23.5 Å². The van der Waals surface area contributed by atoms with E-state index in [2.05, 4.69) is 5.32 Å². The molecule has 0 bridgehead atoms. The molecule has 6 heteroatoms. The minimum absolute atomic E-state index is 0.553. The molecule has 0 saturated carbocycles. The Labute approximate surface area is 113 Å². The number of alkyl carbamates (subject to hydrolysis) is 1. The average molecular weight is 277 g/mol. The number of halogens is 1. The third-order valence-corrected chi connectivity index (χ3v) is 1.93. The third kappa shape index (κ3) is 8.53. The SMILES string of the molecule is C[C@@H](OC(C)(C)C)[C@H](NC(=O)OC(C)(C)C)C(=O)F. The molecule has 0 spiro atoms. The topological polar surface area (TPSA) is 64.6 Å². The number of hydrogen-bond acceptors (Lipinski definition) is 4. The molecule has 0 aliphatic rings. The van der Waals surface area contributed by atoms with Crippen LogP contribution >= 0.6 is 0 Å². The zero-order chi connectivity index (χ0) is 15.4. The van der Waals surface area contributed by atoms with Crippen molar-refractivity contribution in [3.05, 3.63) is 0 Å². The van der Waals surface area contributed by atoms with Gasteiger partial charge in [0.15, 0.2) is 0 Å². The van der Waals surface area contributed by atoms with E-state index in [1.165, 1.54) is 6.92 Å². The monoisotopic (exact) mass is 277 g/mol. The van der Waals surface area contributed by atoms with Crippen molar-refractivity contribution in [2.24, 2.45) is 0 Å². The van der Waals surface area contributed by atoms with E-state index in [0.717, 1.165) is 0 Å². The van der Waals surface area contributed by atoms with Gasteiger partial charge >= 0.3 is 12.1 Å². The molecule has 0 aromatic carbocycles. The van der Waals surface area contributed by atoms with Gasteiger partial charge in [0.05, 0.1) is 11.7 Å². The van der Waals surface area contributed by atoms with Crippen LogP contribution in [0.5, 0.6) is 0 Å². The molecule has 0 heterocycles. The van der Waals surface area contributed by atoms with Gasteiger partial charge in [-0.1, -0.05) is 0 Å². The lowest BCUT2D eigenvalue weighted by molar-refractivity contribution is -0.139. The molecule has 0 fully saturated rings. The van der Waals surface area contributed by atoms with Crippen LogP contribution in [0, 0.1) is 0 Å². The fraction of sp³-hybridized carbons (Fsp3) is 0.846. The molecule has 5 nitrogen and oxygen atoms in total. The summed E-state index contributed by atoms with van der Waals surface area (Å²) in [7, 11) is 0. The zero-order valence-electron chi connectivity index (χ0n) is 12.7. The van der Waals surface area contributed by atoms with Crippen molar-refractivity contribution in [2.75, 3.05) is 0 Å². The van der Waals surface area contributed by atoms with E-state index in [9.17, 15) is 14.0 Å². The quantitative estimate of drug-likeness (QED) is 0.802. The smallest absolute Gasteiger partial charge is 0.408 e. The highest BCUT2D eigenvalue weighted by Crippen LogP contribution is 2.14. The number of nitrogens with one attached hydrogen (secondary N) is 1. The lowest BCUT2D eigenvalue weighted by Gasteiger charge is -2.29. The van der Waals surface area contributed by atoms with E-state index >= 15 is 0 Å². The van der Waals surface area contributed by atoms with E-state index < -0.39 is 35.5 Å². The number of rotatable bonds is 4. The fourth-order valence-electron chi connectivity index (χ4n) is 1.42. The molecule has 0 aliphatic carbocycles. The maximum absolute atomic E-state index is 13.0. The van der Waals surface area contributed by atoms with E-state index in [1.54, 1.807) is 41.5 Å². The lowest BCUT2D eigenvalue weighted by Crippen LogP contribution is -2.50. The molecule has 0 aliphatic heterocycles. The Kier molecular flexibility index (Phi) is 5.93. The fourth-order valence-corrected chi connectivity index (χ4v) is 1.42. The Morgan fingerprint density at radius 2 is 1.53 bits per heavy atom. The summed E-state index contributed by atoms with van der Waals surface area (Å²) in [5, 5.41) is 2.18. The van der Waals surface area contributed by atoms with Crippen molar-refractivity contribution in [3.63, 3.8) is 0 Å². The maximum atomic E-state index is 13.0. The standard InChI is InChI=1S/C13H24FNO4/c1-8(18-12(2,3)4)9(10(14)16)15-11(17)19-13(5,6)7/h8-9H,1-7H3,(H,15,17)/t8-,9+/m1/s1.